The predicted octanol–water partition coefficient (Wildman–Crippen LogP) is 3.16. The van der Waals surface area contributed by atoms with Gasteiger partial charge in [-0.1, -0.05) is 47.4 Å². The maximum absolute atomic E-state index is 11.2. The Balaban J connectivity index is 1.63. The average molecular weight is 568 g/mol. The van der Waals surface area contributed by atoms with Crippen molar-refractivity contribution in [2.24, 2.45) is 5.73 Å². The number of hydrogen-bond acceptors (Lipinski definition) is 9. The molecular formula is C23H25N3O6S4. The number of anilines is 1. The Bertz CT molecular complexity index is 1540. The van der Waals surface area contributed by atoms with Crippen LogP contribution in [-0.4, -0.2) is 44.0 Å². The smallest absolute Gasteiger partial charge is 0.264 e. The highest BCUT2D eigenvalue weighted by Crippen LogP contribution is 2.46. The largest absolute Gasteiger partial charge is 0.748 e. The van der Waals surface area contributed by atoms with Crippen molar-refractivity contribution in [3.8, 4) is 0 Å². The van der Waals surface area contributed by atoms with Gasteiger partial charge in [-0.15, -0.1) is 0 Å². The number of aromatic nitrogens is 1. The number of thiazole rings is 1. The lowest BCUT2D eigenvalue weighted by atomic mass is 10.2. The fourth-order valence-corrected chi connectivity index (χ4v) is 7.19. The molecule has 0 radical (unpaired) electrons. The summed E-state index contributed by atoms with van der Waals surface area (Å²) in [4.78, 5) is 2.99. The van der Waals surface area contributed by atoms with Gasteiger partial charge in [-0.3, -0.25) is 4.55 Å². The number of nitrogens with zero attached hydrogens (tertiary/aromatic N) is 2. The lowest BCUT2D eigenvalue weighted by molar-refractivity contribution is -0.668. The number of nitrogens with two attached hydrogens (primary N) is 1. The van der Waals surface area contributed by atoms with Crippen molar-refractivity contribution >= 4 is 65.3 Å². The van der Waals surface area contributed by atoms with E-state index in [1.54, 1.807) is 0 Å². The summed E-state index contributed by atoms with van der Waals surface area (Å²) in [5, 5.41) is 1.64. The van der Waals surface area contributed by atoms with E-state index in [4.69, 9.17) is 10.3 Å². The second kappa shape index (κ2) is 10.9. The molecule has 0 fully saturated rings. The quantitative estimate of drug-likeness (QED) is 0.279. The molecule has 0 saturated heterocycles. The van der Waals surface area contributed by atoms with Gasteiger partial charge < -0.3 is 15.2 Å². The van der Waals surface area contributed by atoms with Crippen molar-refractivity contribution in [1.29, 1.82) is 0 Å². The molecule has 0 atom stereocenters. The third kappa shape index (κ3) is 6.87. The highest BCUT2D eigenvalue weighted by atomic mass is 32.2. The van der Waals surface area contributed by atoms with Crippen molar-refractivity contribution in [3.05, 3.63) is 70.3 Å². The maximum atomic E-state index is 11.2. The Hall–Kier alpha value is -2.42. The molecule has 3 aromatic rings. The Morgan fingerprint density at radius 1 is 1.06 bits per heavy atom. The number of para-hydroxylation sites is 2. The summed E-state index contributed by atoms with van der Waals surface area (Å²) in [5.74, 6) is -0.782. The number of fused-ring (bicyclic) bond motifs is 2. The van der Waals surface area contributed by atoms with Crippen LogP contribution in [0.25, 0.3) is 16.3 Å². The van der Waals surface area contributed by atoms with Crippen LogP contribution >= 0.6 is 23.1 Å². The standard InChI is InChI=1S/C23H25N3O6S4/c24-17(15-22-25(11-5-13-35(27,28)29)18-7-1-3-9-20(18)33-22)16-23-26(12-6-14-36(30,31)32)19-8-2-4-10-21(19)34-23/h1-4,7-10,15-16,24H,5-6,11-14H2,(H2,27,28,29,30,31,32)/b22-15-. The molecule has 0 aliphatic carbocycles. The first-order chi connectivity index (χ1) is 17.0. The molecule has 36 heavy (non-hydrogen) atoms. The van der Waals surface area contributed by atoms with Gasteiger partial charge in [0, 0.05) is 41.5 Å². The molecule has 0 amide bonds. The third-order valence-electron chi connectivity index (χ3n) is 5.41. The molecule has 4 rings (SSSR count). The van der Waals surface area contributed by atoms with E-state index in [-0.39, 0.29) is 18.6 Å². The lowest BCUT2D eigenvalue weighted by Gasteiger charge is -2.20. The topological polar surface area (TPSA) is 145 Å². The first-order valence-electron chi connectivity index (χ1n) is 11.0. The van der Waals surface area contributed by atoms with Gasteiger partial charge in [-0.2, -0.15) is 13.0 Å². The van der Waals surface area contributed by atoms with Crippen LogP contribution < -0.4 is 15.2 Å². The fourth-order valence-electron chi connectivity index (χ4n) is 3.91. The molecule has 1 aliphatic heterocycles. The Labute approximate surface area is 218 Å². The second-order valence-electron chi connectivity index (χ2n) is 8.16. The van der Waals surface area contributed by atoms with Gasteiger partial charge in [0.15, 0.2) is 6.54 Å². The number of thioether (sulfide) groups is 1. The van der Waals surface area contributed by atoms with E-state index in [0.29, 0.717) is 18.8 Å². The molecule has 192 valence electrons. The van der Waals surface area contributed by atoms with Gasteiger partial charge in [-0.05, 0) is 30.7 Å². The van der Waals surface area contributed by atoms with Gasteiger partial charge in [0.1, 0.15) is 4.70 Å². The Morgan fingerprint density at radius 3 is 2.53 bits per heavy atom. The molecule has 0 spiro atoms. The number of benzene rings is 2. The zero-order valence-electron chi connectivity index (χ0n) is 19.1. The molecule has 1 aromatic heterocycles. The van der Waals surface area contributed by atoms with Gasteiger partial charge in [-0.25, -0.2) is 8.42 Å². The molecule has 9 nitrogen and oxygen atoms in total. The molecule has 13 heteroatoms. The fraction of sp³-hybridized carbons (Fsp3) is 0.261. The predicted molar refractivity (Wildman–Crippen MR) is 142 cm³/mol. The van der Waals surface area contributed by atoms with Gasteiger partial charge in [0.25, 0.3) is 15.1 Å². The average Bonchev–Trinajstić information content (AvgIpc) is 3.30. The van der Waals surface area contributed by atoms with Gasteiger partial charge in [0.2, 0.25) is 5.52 Å². The van der Waals surface area contributed by atoms with Crippen LogP contribution in [0.5, 0.6) is 0 Å². The van der Waals surface area contributed by atoms with Crippen LogP contribution in [0.4, 0.5) is 5.69 Å². The van der Waals surface area contributed by atoms with Crippen LogP contribution in [-0.2, 0) is 26.8 Å². The van der Waals surface area contributed by atoms with E-state index in [9.17, 15) is 21.4 Å². The summed E-state index contributed by atoms with van der Waals surface area (Å²) >= 11 is 3.02. The van der Waals surface area contributed by atoms with Crippen LogP contribution in [0.2, 0.25) is 0 Å². The van der Waals surface area contributed by atoms with Crippen molar-refractivity contribution in [2.75, 3.05) is 23.0 Å². The highest BCUT2D eigenvalue weighted by Gasteiger charge is 2.25. The summed E-state index contributed by atoms with van der Waals surface area (Å²) < 4.78 is 67.7. The molecule has 0 saturated carbocycles. The van der Waals surface area contributed by atoms with Crippen LogP contribution in [0, 0.1) is 0 Å². The first kappa shape index (κ1) is 26.6. The van der Waals surface area contributed by atoms with E-state index in [2.05, 4.69) is 0 Å². The molecule has 2 heterocycles. The van der Waals surface area contributed by atoms with E-state index < -0.39 is 26.0 Å². The highest BCUT2D eigenvalue weighted by molar-refractivity contribution is 8.03. The van der Waals surface area contributed by atoms with E-state index in [1.165, 1.54) is 23.1 Å². The number of hydrogen-bond donors (Lipinski definition) is 2. The minimum Gasteiger partial charge on any atom is -0.748 e. The SMILES string of the molecule is NC(=C\c1sc2ccccc2[n+]1CCCS(=O)(=O)[O-])/C=C1\Sc2ccccc2N1CCCS(=O)(=O)O. The lowest BCUT2D eigenvalue weighted by Crippen LogP contribution is -2.36. The summed E-state index contributed by atoms with van der Waals surface area (Å²) in [5.41, 5.74) is 8.75. The minimum atomic E-state index is -4.30. The summed E-state index contributed by atoms with van der Waals surface area (Å²) in [6, 6.07) is 15.5. The van der Waals surface area contributed by atoms with Crippen molar-refractivity contribution in [2.45, 2.75) is 24.3 Å². The van der Waals surface area contributed by atoms with E-state index in [0.717, 1.165) is 30.8 Å². The van der Waals surface area contributed by atoms with E-state index in [1.807, 2.05) is 70.1 Å². The van der Waals surface area contributed by atoms with Crippen LogP contribution in [0.1, 0.15) is 17.8 Å². The zero-order valence-corrected chi connectivity index (χ0v) is 22.4. The van der Waals surface area contributed by atoms with E-state index >= 15 is 0 Å². The molecule has 0 unspecified atom stereocenters. The number of aryl methyl sites for hydroxylation is 1. The van der Waals surface area contributed by atoms with Crippen molar-refractivity contribution < 1.29 is 30.5 Å². The normalized spacial score (nSPS) is 15.7. The van der Waals surface area contributed by atoms with Crippen LogP contribution in [0.15, 0.2) is 70.2 Å². The minimum absolute atomic E-state index is 0.186. The monoisotopic (exact) mass is 567 g/mol. The van der Waals surface area contributed by atoms with Gasteiger partial charge in [0.05, 0.1) is 26.6 Å². The summed E-state index contributed by atoms with van der Waals surface area (Å²) in [6.07, 6.45) is 4.05. The molecule has 1 aliphatic rings. The zero-order chi connectivity index (χ0) is 25.9. The first-order valence-corrected chi connectivity index (χ1v) is 15.9. The van der Waals surface area contributed by atoms with Crippen molar-refractivity contribution in [3.63, 3.8) is 0 Å². The molecule has 2 aromatic carbocycles. The second-order valence-corrected chi connectivity index (χ2v) is 13.4. The maximum Gasteiger partial charge on any atom is 0.264 e. The number of rotatable bonds is 10. The molecule has 0 bridgehead atoms. The summed E-state index contributed by atoms with van der Waals surface area (Å²) in [7, 11) is -8.36. The third-order valence-corrected chi connectivity index (χ3v) is 9.23. The Kier molecular flexibility index (Phi) is 8.07. The molecule has 3 N–H and O–H groups in total. The number of allylic oxidation sites excluding steroid dienone is 1. The van der Waals surface area contributed by atoms with Gasteiger partial charge >= 0.3 is 0 Å². The van der Waals surface area contributed by atoms with Crippen molar-refractivity contribution in [1.82, 2.24) is 0 Å². The summed E-state index contributed by atoms with van der Waals surface area (Å²) in [6.45, 7) is 0.735. The Morgan fingerprint density at radius 2 is 1.78 bits per heavy atom. The molecular weight excluding hydrogens is 543 g/mol. The van der Waals surface area contributed by atoms with Crippen LogP contribution in [0.3, 0.4) is 0 Å².